The highest BCUT2D eigenvalue weighted by atomic mass is 35.5. The van der Waals surface area contributed by atoms with Gasteiger partial charge >= 0.3 is 5.97 Å². The van der Waals surface area contributed by atoms with E-state index in [-0.39, 0.29) is 18.1 Å². The Balaban J connectivity index is 2.44. The van der Waals surface area contributed by atoms with Gasteiger partial charge in [0.25, 0.3) is 0 Å². The van der Waals surface area contributed by atoms with Crippen LogP contribution in [0.5, 0.6) is 0 Å². The third kappa shape index (κ3) is 4.79. The number of carbonyl (C=O) groups is 2. The van der Waals surface area contributed by atoms with Crippen LogP contribution in [0.1, 0.15) is 23.2 Å². The number of benzene rings is 1. The number of nitrogen functional groups attached to an aromatic ring is 1. The van der Waals surface area contributed by atoms with Crippen molar-refractivity contribution in [3.05, 3.63) is 28.8 Å². The van der Waals surface area contributed by atoms with Crippen molar-refractivity contribution >= 4 is 29.2 Å². The molecule has 0 unspecified atom stereocenters. The molecule has 1 aromatic carbocycles. The summed E-state index contributed by atoms with van der Waals surface area (Å²) in [4.78, 5) is 24.5. The number of rotatable bonds is 5. The van der Waals surface area contributed by atoms with Crippen LogP contribution in [0.2, 0.25) is 5.02 Å². The first kappa shape index (κ1) is 15.3. The van der Waals surface area contributed by atoms with Crippen LogP contribution in [-0.2, 0) is 9.53 Å². The van der Waals surface area contributed by atoms with Crippen LogP contribution in [-0.4, -0.2) is 37.5 Å². The van der Waals surface area contributed by atoms with Gasteiger partial charge in [-0.25, -0.2) is 4.79 Å². The summed E-state index contributed by atoms with van der Waals surface area (Å²) in [5, 5.41) is 0.295. The van der Waals surface area contributed by atoms with E-state index in [9.17, 15) is 9.59 Å². The van der Waals surface area contributed by atoms with E-state index in [1.54, 1.807) is 26.2 Å². The van der Waals surface area contributed by atoms with Gasteiger partial charge in [-0.2, -0.15) is 0 Å². The zero-order chi connectivity index (χ0) is 14.4. The van der Waals surface area contributed by atoms with Crippen molar-refractivity contribution in [1.29, 1.82) is 0 Å². The Hall–Kier alpha value is -1.75. The summed E-state index contributed by atoms with van der Waals surface area (Å²) in [6.07, 6.45) is 0.813. The van der Waals surface area contributed by atoms with E-state index >= 15 is 0 Å². The monoisotopic (exact) mass is 284 g/mol. The first-order valence-electron chi connectivity index (χ1n) is 5.84. The second-order valence-corrected chi connectivity index (χ2v) is 4.67. The molecular formula is C13H17ClN2O3. The van der Waals surface area contributed by atoms with E-state index in [2.05, 4.69) is 0 Å². The van der Waals surface area contributed by atoms with Crippen molar-refractivity contribution in [1.82, 2.24) is 4.90 Å². The molecule has 2 N–H and O–H groups in total. The fourth-order valence-corrected chi connectivity index (χ4v) is 1.58. The average Bonchev–Trinajstić information content (AvgIpc) is 2.36. The number of hydrogen-bond donors (Lipinski definition) is 1. The van der Waals surface area contributed by atoms with Crippen LogP contribution in [0.25, 0.3) is 0 Å². The number of amides is 1. The second-order valence-electron chi connectivity index (χ2n) is 4.27. The van der Waals surface area contributed by atoms with Crippen LogP contribution < -0.4 is 5.73 Å². The van der Waals surface area contributed by atoms with Gasteiger partial charge in [-0.15, -0.1) is 0 Å². The number of carbonyl (C=O) groups excluding carboxylic acids is 2. The number of esters is 1. The Labute approximate surface area is 117 Å². The van der Waals surface area contributed by atoms with Crippen molar-refractivity contribution in [3.63, 3.8) is 0 Å². The Kier molecular flexibility index (Phi) is 5.63. The van der Waals surface area contributed by atoms with Crippen molar-refractivity contribution < 1.29 is 14.3 Å². The minimum atomic E-state index is -0.533. The Morgan fingerprint density at radius 2 is 2.05 bits per heavy atom. The van der Waals surface area contributed by atoms with E-state index in [0.717, 1.165) is 0 Å². The lowest BCUT2D eigenvalue weighted by Gasteiger charge is -2.10. The van der Waals surface area contributed by atoms with Crippen LogP contribution in [0.4, 0.5) is 5.69 Å². The maximum atomic E-state index is 11.7. The normalized spacial score (nSPS) is 10.1. The van der Waals surface area contributed by atoms with E-state index < -0.39 is 5.97 Å². The molecule has 6 heteroatoms. The van der Waals surface area contributed by atoms with Crippen molar-refractivity contribution in [2.45, 2.75) is 12.8 Å². The van der Waals surface area contributed by atoms with Gasteiger partial charge < -0.3 is 15.4 Å². The molecule has 0 saturated carbocycles. The van der Waals surface area contributed by atoms with Gasteiger partial charge in [0, 0.05) is 26.2 Å². The number of anilines is 1. The summed E-state index contributed by atoms with van der Waals surface area (Å²) in [6.45, 7) is 0.170. The molecule has 1 amide bonds. The molecular weight excluding hydrogens is 268 g/mol. The summed E-state index contributed by atoms with van der Waals surface area (Å²) in [7, 11) is 3.36. The summed E-state index contributed by atoms with van der Waals surface area (Å²) in [6, 6.07) is 4.62. The molecule has 1 rings (SSSR count). The Bertz CT molecular complexity index is 475. The topological polar surface area (TPSA) is 72.6 Å². The maximum Gasteiger partial charge on any atom is 0.339 e. The molecule has 104 valence electrons. The molecule has 0 atom stereocenters. The molecule has 0 radical (unpaired) electrons. The predicted octanol–water partition coefficient (Wildman–Crippen LogP) is 1.95. The number of ether oxygens (including phenoxy) is 1. The van der Waals surface area contributed by atoms with Gasteiger partial charge in [0.05, 0.1) is 17.2 Å². The van der Waals surface area contributed by atoms with E-state index in [1.165, 1.54) is 11.0 Å². The molecule has 5 nitrogen and oxygen atoms in total. The standard InChI is InChI=1S/C13H17ClN2O3/c1-16(2)12(17)4-3-7-19-13(18)10-8-9(15)5-6-11(10)14/h5-6,8H,3-4,7,15H2,1-2H3. The maximum absolute atomic E-state index is 11.7. The number of nitrogens with two attached hydrogens (primary N) is 1. The van der Waals surface area contributed by atoms with Crippen molar-refractivity contribution in [2.75, 3.05) is 26.4 Å². The average molecular weight is 285 g/mol. The van der Waals surface area contributed by atoms with Crippen LogP contribution in [0.3, 0.4) is 0 Å². The highest BCUT2D eigenvalue weighted by Crippen LogP contribution is 2.19. The molecule has 0 heterocycles. The molecule has 0 aliphatic heterocycles. The van der Waals surface area contributed by atoms with Crippen molar-refractivity contribution in [2.24, 2.45) is 0 Å². The fourth-order valence-electron chi connectivity index (χ4n) is 1.39. The first-order chi connectivity index (χ1) is 8.91. The minimum Gasteiger partial charge on any atom is -0.462 e. The number of nitrogens with zero attached hydrogens (tertiary/aromatic N) is 1. The summed E-state index contributed by atoms with van der Waals surface area (Å²) < 4.78 is 5.04. The molecule has 0 aliphatic carbocycles. The highest BCUT2D eigenvalue weighted by Gasteiger charge is 2.12. The molecule has 0 bridgehead atoms. The van der Waals surface area contributed by atoms with Crippen molar-refractivity contribution in [3.8, 4) is 0 Å². The van der Waals surface area contributed by atoms with E-state index in [0.29, 0.717) is 23.6 Å². The third-order valence-corrected chi connectivity index (χ3v) is 2.81. The molecule has 19 heavy (non-hydrogen) atoms. The molecule has 0 aromatic heterocycles. The van der Waals surface area contributed by atoms with Crippen LogP contribution in [0, 0.1) is 0 Å². The Morgan fingerprint density at radius 3 is 2.68 bits per heavy atom. The zero-order valence-electron chi connectivity index (χ0n) is 11.0. The van der Waals surface area contributed by atoms with Gasteiger partial charge in [0.2, 0.25) is 5.91 Å². The van der Waals surface area contributed by atoms with E-state index in [4.69, 9.17) is 22.1 Å². The fraction of sp³-hybridized carbons (Fsp3) is 0.385. The third-order valence-electron chi connectivity index (χ3n) is 2.48. The summed E-state index contributed by atoms with van der Waals surface area (Å²) >= 11 is 5.88. The van der Waals surface area contributed by atoms with Gasteiger partial charge in [0.15, 0.2) is 0 Å². The van der Waals surface area contributed by atoms with Gasteiger partial charge in [-0.3, -0.25) is 4.79 Å². The number of hydrogen-bond acceptors (Lipinski definition) is 4. The minimum absolute atomic E-state index is 0.00182. The molecule has 0 spiro atoms. The smallest absolute Gasteiger partial charge is 0.339 e. The lowest BCUT2D eigenvalue weighted by atomic mass is 10.2. The quantitative estimate of drug-likeness (QED) is 0.509. The van der Waals surface area contributed by atoms with E-state index in [1.807, 2.05) is 0 Å². The summed E-state index contributed by atoms with van der Waals surface area (Å²) in [5.41, 5.74) is 6.26. The lowest BCUT2D eigenvalue weighted by molar-refractivity contribution is -0.128. The Morgan fingerprint density at radius 1 is 1.37 bits per heavy atom. The second kappa shape index (κ2) is 6.99. The SMILES string of the molecule is CN(C)C(=O)CCCOC(=O)c1cc(N)ccc1Cl. The molecule has 0 fully saturated rings. The van der Waals surface area contributed by atoms with Crippen LogP contribution >= 0.6 is 11.6 Å². The molecule has 0 aliphatic rings. The van der Waals surface area contributed by atoms with Gasteiger partial charge in [-0.05, 0) is 24.6 Å². The summed E-state index contributed by atoms with van der Waals surface area (Å²) in [5.74, 6) is -0.535. The first-order valence-corrected chi connectivity index (χ1v) is 6.22. The number of halogens is 1. The lowest BCUT2D eigenvalue weighted by Crippen LogP contribution is -2.21. The largest absolute Gasteiger partial charge is 0.462 e. The van der Waals surface area contributed by atoms with Crippen LogP contribution in [0.15, 0.2) is 18.2 Å². The molecule has 0 saturated heterocycles. The highest BCUT2D eigenvalue weighted by molar-refractivity contribution is 6.33. The molecule has 1 aromatic rings. The van der Waals surface area contributed by atoms with Gasteiger partial charge in [-0.1, -0.05) is 11.6 Å². The predicted molar refractivity (Wildman–Crippen MR) is 74.1 cm³/mol. The van der Waals surface area contributed by atoms with Gasteiger partial charge in [0.1, 0.15) is 0 Å². The zero-order valence-corrected chi connectivity index (χ0v) is 11.7.